The molecule has 82 valence electrons. The molecular formula is C10H14N2O3. The molecule has 1 rings (SSSR count). The monoisotopic (exact) mass is 210 g/mol. The second-order valence-corrected chi connectivity index (χ2v) is 2.79. The number of anilines is 1. The van der Waals surface area contributed by atoms with Crippen LogP contribution in [0.4, 0.5) is 10.5 Å². The van der Waals surface area contributed by atoms with Gasteiger partial charge in [-0.2, -0.15) is 0 Å². The summed E-state index contributed by atoms with van der Waals surface area (Å²) >= 11 is 0. The Labute approximate surface area is 88.2 Å². The highest BCUT2D eigenvalue weighted by Gasteiger charge is 2.05. The summed E-state index contributed by atoms with van der Waals surface area (Å²) in [6.45, 7) is 2.44. The first-order valence-corrected chi connectivity index (χ1v) is 4.54. The molecule has 0 aliphatic rings. The van der Waals surface area contributed by atoms with Crippen LogP contribution in [-0.4, -0.2) is 19.7 Å². The Balaban J connectivity index is 2.91. The molecule has 5 heteroatoms. The van der Waals surface area contributed by atoms with Gasteiger partial charge in [-0.15, -0.1) is 0 Å². The number of primary amides is 1. The Bertz CT molecular complexity index is 353. The summed E-state index contributed by atoms with van der Waals surface area (Å²) in [6.07, 6.45) is 0. The number of benzene rings is 1. The minimum Gasteiger partial charge on any atom is -0.493 e. The maximum Gasteiger partial charge on any atom is 0.316 e. The normalized spacial score (nSPS) is 9.47. The quantitative estimate of drug-likeness (QED) is 0.792. The lowest BCUT2D eigenvalue weighted by Gasteiger charge is -2.10. The molecule has 1 aromatic rings. The molecule has 0 fully saturated rings. The lowest BCUT2D eigenvalue weighted by molar-refractivity contribution is 0.259. The molecule has 0 aliphatic carbocycles. The van der Waals surface area contributed by atoms with E-state index < -0.39 is 6.03 Å². The SMILES string of the molecule is CCOc1ccc(NC(N)=O)cc1OC. The Hall–Kier alpha value is -1.91. The van der Waals surface area contributed by atoms with Gasteiger partial charge in [0.2, 0.25) is 0 Å². The van der Waals surface area contributed by atoms with Crippen LogP contribution in [0.25, 0.3) is 0 Å². The third kappa shape index (κ3) is 3.05. The van der Waals surface area contributed by atoms with Gasteiger partial charge in [-0.1, -0.05) is 0 Å². The summed E-state index contributed by atoms with van der Waals surface area (Å²) in [4.78, 5) is 10.6. The summed E-state index contributed by atoms with van der Waals surface area (Å²) in [6, 6.07) is 4.45. The first kappa shape index (κ1) is 11.2. The molecule has 0 aliphatic heterocycles. The van der Waals surface area contributed by atoms with Gasteiger partial charge in [0.05, 0.1) is 13.7 Å². The number of methoxy groups -OCH3 is 1. The summed E-state index contributed by atoms with van der Waals surface area (Å²) in [5, 5.41) is 2.45. The first-order valence-electron chi connectivity index (χ1n) is 4.54. The van der Waals surface area contributed by atoms with Gasteiger partial charge < -0.3 is 20.5 Å². The van der Waals surface area contributed by atoms with Crippen LogP contribution in [0, 0.1) is 0 Å². The van der Waals surface area contributed by atoms with E-state index in [-0.39, 0.29) is 0 Å². The van der Waals surface area contributed by atoms with E-state index in [2.05, 4.69) is 5.32 Å². The number of carbonyl (C=O) groups is 1. The molecule has 0 saturated heterocycles. The zero-order valence-corrected chi connectivity index (χ0v) is 8.74. The fourth-order valence-electron chi connectivity index (χ4n) is 1.16. The smallest absolute Gasteiger partial charge is 0.316 e. The van der Waals surface area contributed by atoms with Crippen molar-refractivity contribution in [3.05, 3.63) is 18.2 Å². The van der Waals surface area contributed by atoms with E-state index in [0.717, 1.165) is 0 Å². The van der Waals surface area contributed by atoms with Crippen molar-refractivity contribution in [3.8, 4) is 11.5 Å². The van der Waals surface area contributed by atoms with E-state index >= 15 is 0 Å². The summed E-state index contributed by atoms with van der Waals surface area (Å²) in [5.74, 6) is 1.19. The number of nitrogens with one attached hydrogen (secondary N) is 1. The van der Waals surface area contributed by atoms with Crippen molar-refractivity contribution >= 4 is 11.7 Å². The van der Waals surface area contributed by atoms with Crippen molar-refractivity contribution in [1.82, 2.24) is 0 Å². The molecule has 15 heavy (non-hydrogen) atoms. The molecule has 0 bridgehead atoms. The van der Waals surface area contributed by atoms with Crippen LogP contribution in [0.3, 0.4) is 0 Å². The molecule has 1 aromatic carbocycles. The topological polar surface area (TPSA) is 73.6 Å². The zero-order chi connectivity index (χ0) is 11.3. The highest BCUT2D eigenvalue weighted by molar-refractivity contribution is 5.88. The predicted octanol–water partition coefficient (Wildman–Crippen LogP) is 1.58. The number of ether oxygens (including phenoxy) is 2. The highest BCUT2D eigenvalue weighted by Crippen LogP contribution is 2.29. The molecule has 0 spiro atoms. The largest absolute Gasteiger partial charge is 0.493 e. The molecule has 0 aromatic heterocycles. The Morgan fingerprint density at radius 2 is 2.20 bits per heavy atom. The van der Waals surface area contributed by atoms with E-state index in [9.17, 15) is 4.79 Å². The van der Waals surface area contributed by atoms with Gasteiger partial charge in [0, 0.05) is 11.8 Å². The van der Waals surface area contributed by atoms with Gasteiger partial charge in [-0.05, 0) is 19.1 Å². The highest BCUT2D eigenvalue weighted by atomic mass is 16.5. The minimum absolute atomic E-state index is 0.555. The van der Waals surface area contributed by atoms with E-state index in [1.54, 1.807) is 18.2 Å². The fraction of sp³-hybridized carbons (Fsp3) is 0.300. The lowest BCUT2D eigenvalue weighted by Crippen LogP contribution is -2.19. The van der Waals surface area contributed by atoms with Crippen molar-refractivity contribution in [3.63, 3.8) is 0 Å². The molecular weight excluding hydrogens is 196 g/mol. The molecule has 0 unspecified atom stereocenters. The maximum atomic E-state index is 10.6. The average Bonchev–Trinajstić information content (AvgIpc) is 2.20. The third-order valence-electron chi connectivity index (χ3n) is 1.73. The predicted molar refractivity (Wildman–Crippen MR) is 57.4 cm³/mol. The van der Waals surface area contributed by atoms with E-state index in [1.165, 1.54) is 7.11 Å². The lowest BCUT2D eigenvalue weighted by atomic mass is 10.3. The molecule has 0 atom stereocenters. The number of urea groups is 1. The van der Waals surface area contributed by atoms with Gasteiger partial charge in [0.25, 0.3) is 0 Å². The third-order valence-corrected chi connectivity index (χ3v) is 1.73. The number of nitrogens with two attached hydrogens (primary N) is 1. The van der Waals surface area contributed by atoms with Crippen molar-refractivity contribution in [1.29, 1.82) is 0 Å². The van der Waals surface area contributed by atoms with Crippen LogP contribution in [0.15, 0.2) is 18.2 Å². The standard InChI is InChI=1S/C10H14N2O3/c1-3-15-8-5-4-7(12-10(11)13)6-9(8)14-2/h4-6H,3H2,1-2H3,(H3,11,12,13). The van der Waals surface area contributed by atoms with Gasteiger partial charge >= 0.3 is 6.03 Å². The molecule has 2 amide bonds. The summed E-state index contributed by atoms with van der Waals surface area (Å²) < 4.78 is 10.4. The number of carbonyl (C=O) groups excluding carboxylic acids is 1. The van der Waals surface area contributed by atoms with Crippen molar-refractivity contribution < 1.29 is 14.3 Å². The van der Waals surface area contributed by atoms with Crippen molar-refractivity contribution in [2.24, 2.45) is 5.73 Å². The zero-order valence-electron chi connectivity index (χ0n) is 8.74. The summed E-state index contributed by atoms with van der Waals surface area (Å²) in [5.41, 5.74) is 5.56. The van der Waals surface area contributed by atoms with Crippen molar-refractivity contribution in [2.75, 3.05) is 19.0 Å². The minimum atomic E-state index is -0.610. The molecule has 0 radical (unpaired) electrons. The Morgan fingerprint density at radius 1 is 1.47 bits per heavy atom. The van der Waals surface area contributed by atoms with Crippen molar-refractivity contribution in [2.45, 2.75) is 6.92 Å². The maximum absolute atomic E-state index is 10.6. The number of hydrogen-bond donors (Lipinski definition) is 2. The van der Waals surface area contributed by atoms with Gasteiger partial charge in [0.1, 0.15) is 0 Å². The summed E-state index contributed by atoms with van der Waals surface area (Å²) in [7, 11) is 1.53. The van der Waals surface area contributed by atoms with Gasteiger partial charge in [-0.25, -0.2) is 4.79 Å². The Morgan fingerprint density at radius 3 is 2.73 bits per heavy atom. The van der Waals surface area contributed by atoms with Crippen LogP contribution in [0.1, 0.15) is 6.92 Å². The van der Waals surface area contributed by atoms with E-state index in [1.807, 2.05) is 6.92 Å². The van der Waals surface area contributed by atoms with Crippen LogP contribution in [0.5, 0.6) is 11.5 Å². The van der Waals surface area contributed by atoms with Crippen LogP contribution >= 0.6 is 0 Å². The second-order valence-electron chi connectivity index (χ2n) is 2.79. The average molecular weight is 210 g/mol. The van der Waals surface area contributed by atoms with Gasteiger partial charge in [-0.3, -0.25) is 0 Å². The van der Waals surface area contributed by atoms with Crippen LogP contribution in [0.2, 0.25) is 0 Å². The number of rotatable bonds is 4. The molecule has 0 saturated carbocycles. The van der Waals surface area contributed by atoms with Crippen LogP contribution in [-0.2, 0) is 0 Å². The Kier molecular flexibility index (Phi) is 3.79. The van der Waals surface area contributed by atoms with Gasteiger partial charge in [0.15, 0.2) is 11.5 Å². The van der Waals surface area contributed by atoms with E-state index in [4.69, 9.17) is 15.2 Å². The number of hydrogen-bond acceptors (Lipinski definition) is 3. The van der Waals surface area contributed by atoms with Crippen LogP contribution < -0.4 is 20.5 Å². The molecule has 3 N–H and O–H groups in total. The van der Waals surface area contributed by atoms with E-state index in [0.29, 0.717) is 23.8 Å². The number of amides is 2. The molecule has 0 heterocycles. The molecule has 5 nitrogen and oxygen atoms in total. The second kappa shape index (κ2) is 5.09. The fourth-order valence-corrected chi connectivity index (χ4v) is 1.16. The first-order chi connectivity index (χ1) is 7.17.